The molecule has 0 aliphatic rings. The zero-order valence-corrected chi connectivity index (χ0v) is 15.0. The molecule has 0 bridgehead atoms. The van der Waals surface area contributed by atoms with Gasteiger partial charge in [-0.2, -0.15) is 0 Å². The summed E-state index contributed by atoms with van der Waals surface area (Å²) in [4.78, 5) is 16.5. The van der Waals surface area contributed by atoms with Crippen molar-refractivity contribution in [3.63, 3.8) is 0 Å². The van der Waals surface area contributed by atoms with Crippen molar-refractivity contribution in [2.75, 3.05) is 10.6 Å². The van der Waals surface area contributed by atoms with Crippen LogP contribution in [-0.4, -0.2) is 10.9 Å². The van der Waals surface area contributed by atoms with E-state index in [0.29, 0.717) is 33.5 Å². The summed E-state index contributed by atoms with van der Waals surface area (Å²) in [6.45, 7) is 0.476. The molecular weight excluding hydrogens is 376 g/mol. The van der Waals surface area contributed by atoms with E-state index in [1.54, 1.807) is 42.6 Å². The predicted octanol–water partition coefficient (Wildman–Crippen LogP) is 5.39. The van der Waals surface area contributed by atoms with E-state index in [2.05, 4.69) is 15.6 Å². The first-order chi connectivity index (χ1) is 12.5. The molecule has 2 N–H and O–H groups in total. The van der Waals surface area contributed by atoms with Crippen LogP contribution in [0.15, 0.2) is 60.9 Å². The fraction of sp³-hybridized carbons (Fsp3) is 0.0526. The highest BCUT2D eigenvalue weighted by molar-refractivity contribution is 6.40. The number of para-hydroxylation sites is 1. The summed E-state index contributed by atoms with van der Waals surface area (Å²) < 4.78 is 12.9. The summed E-state index contributed by atoms with van der Waals surface area (Å²) >= 11 is 12.1. The van der Waals surface area contributed by atoms with Crippen LogP contribution in [0.3, 0.4) is 0 Å². The molecule has 7 heteroatoms. The van der Waals surface area contributed by atoms with E-state index in [1.165, 1.54) is 18.3 Å². The standard InChI is InChI=1S/C19H14Cl2FN3O/c20-16-2-1-3-17(21)18(16)25-19(26)13-8-15(11-23-10-13)24-9-12-4-6-14(22)7-5-12/h1-8,10-11,24H,9H2,(H,25,26). The lowest BCUT2D eigenvalue weighted by Crippen LogP contribution is -2.13. The van der Waals surface area contributed by atoms with Crippen LogP contribution in [0.4, 0.5) is 15.8 Å². The molecule has 0 atom stereocenters. The fourth-order valence-electron chi connectivity index (χ4n) is 2.27. The monoisotopic (exact) mass is 389 g/mol. The van der Waals surface area contributed by atoms with Gasteiger partial charge in [-0.1, -0.05) is 41.4 Å². The Morgan fingerprint density at radius 3 is 2.42 bits per heavy atom. The number of carbonyl (C=O) groups is 1. The van der Waals surface area contributed by atoms with Crippen LogP contribution in [0.25, 0.3) is 0 Å². The fourth-order valence-corrected chi connectivity index (χ4v) is 2.76. The van der Waals surface area contributed by atoms with Crippen molar-refractivity contribution in [1.29, 1.82) is 0 Å². The largest absolute Gasteiger partial charge is 0.380 e. The van der Waals surface area contributed by atoms with Crippen molar-refractivity contribution in [1.82, 2.24) is 4.98 Å². The third-order valence-electron chi connectivity index (χ3n) is 3.61. The first-order valence-corrected chi connectivity index (χ1v) is 8.47. The van der Waals surface area contributed by atoms with Crippen molar-refractivity contribution in [2.24, 2.45) is 0 Å². The topological polar surface area (TPSA) is 54.0 Å². The number of hydrogen-bond donors (Lipinski definition) is 2. The number of amides is 1. The second-order valence-electron chi connectivity index (χ2n) is 5.49. The van der Waals surface area contributed by atoms with E-state index in [1.807, 2.05) is 0 Å². The van der Waals surface area contributed by atoms with Gasteiger partial charge in [-0.15, -0.1) is 0 Å². The van der Waals surface area contributed by atoms with Crippen LogP contribution >= 0.6 is 23.2 Å². The highest BCUT2D eigenvalue weighted by atomic mass is 35.5. The summed E-state index contributed by atoms with van der Waals surface area (Å²) in [5.41, 5.74) is 2.27. The number of hydrogen-bond acceptors (Lipinski definition) is 3. The Labute approximate surface area is 160 Å². The van der Waals surface area contributed by atoms with Crippen molar-refractivity contribution < 1.29 is 9.18 Å². The third kappa shape index (κ3) is 4.50. The van der Waals surface area contributed by atoms with Gasteiger partial charge in [0.2, 0.25) is 0 Å². The van der Waals surface area contributed by atoms with Crippen molar-refractivity contribution in [3.05, 3.63) is 87.9 Å². The normalized spacial score (nSPS) is 10.4. The maximum Gasteiger partial charge on any atom is 0.257 e. The molecule has 4 nitrogen and oxygen atoms in total. The first-order valence-electron chi connectivity index (χ1n) is 7.71. The van der Waals surface area contributed by atoms with Crippen molar-refractivity contribution in [3.8, 4) is 0 Å². The first kappa shape index (κ1) is 18.2. The molecule has 1 aromatic heterocycles. The summed E-state index contributed by atoms with van der Waals surface area (Å²) in [6, 6.07) is 12.8. The minimum atomic E-state index is -0.377. The summed E-state index contributed by atoms with van der Waals surface area (Å²) in [5, 5.41) is 6.54. The van der Waals surface area contributed by atoms with Gasteiger partial charge in [0.1, 0.15) is 5.82 Å². The van der Waals surface area contributed by atoms with E-state index in [9.17, 15) is 9.18 Å². The Bertz CT molecular complexity index is 912. The SMILES string of the molecule is O=C(Nc1c(Cl)cccc1Cl)c1cncc(NCc2ccc(F)cc2)c1. The predicted molar refractivity (Wildman–Crippen MR) is 102 cm³/mol. The number of benzene rings is 2. The van der Waals surface area contributed by atoms with Gasteiger partial charge in [0.05, 0.1) is 27.0 Å². The van der Waals surface area contributed by atoms with Gasteiger partial charge >= 0.3 is 0 Å². The second kappa shape index (κ2) is 8.17. The molecule has 0 saturated heterocycles. The van der Waals surface area contributed by atoms with E-state index in [-0.39, 0.29) is 11.7 Å². The number of nitrogens with zero attached hydrogens (tertiary/aromatic N) is 1. The maximum absolute atomic E-state index is 12.9. The third-order valence-corrected chi connectivity index (χ3v) is 4.24. The minimum absolute atomic E-state index is 0.285. The molecule has 132 valence electrons. The van der Waals surface area contributed by atoms with Crippen LogP contribution in [0.5, 0.6) is 0 Å². The van der Waals surface area contributed by atoms with Crippen LogP contribution < -0.4 is 10.6 Å². The Hall–Kier alpha value is -2.63. The smallest absolute Gasteiger partial charge is 0.257 e. The Morgan fingerprint density at radius 1 is 1.04 bits per heavy atom. The van der Waals surface area contributed by atoms with Gasteiger partial charge in [0.15, 0.2) is 0 Å². The molecule has 3 aromatic rings. The van der Waals surface area contributed by atoms with Gasteiger partial charge in [0.25, 0.3) is 5.91 Å². The lowest BCUT2D eigenvalue weighted by atomic mass is 10.2. The van der Waals surface area contributed by atoms with Crippen LogP contribution in [0.1, 0.15) is 15.9 Å². The molecule has 1 heterocycles. The summed E-state index contributed by atoms with van der Waals surface area (Å²) in [7, 11) is 0. The Kier molecular flexibility index (Phi) is 5.71. The van der Waals surface area contributed by atoms with Crippen molar-refractivity contribution in [2.45, 2.75) is 6.54 Å². The molecule has 0 saturated carbocycles. The highest BCUT2D eigenvalue weighted by Crippen LogP contribution is 2.30. The number of rotatable bonds is 5. The molecule has 2 aromatic carbocycles. The molecule has 26 heavy (non-hydrogen) atoms. The maximum atomic E-state index is 12.9. The van der Waals surface area contributed by atoms with Crippen LogP contribution in [0.2, 0.25) is 10.0 Å². The number of halogens is 3. The van der Waals surface area contributed by atoms with Gasteiger partial charge in [-0.3, -0.25) is 9.78 Å². The van der Waals surface area contributed by atoms with E-state index >= 15 is 0 Å². The second-order valence-corrected chi connectivity index (χ2v) is 6.31. The average molecular weight is 390 g/mol. The molecular formula is C19H14Cl2FN3O. The zero-order chi connectivity index (χ0) is 18.5. The van der Waals surface area contributed by atoms with Crippen LogP contribution in [-0.2, 0) is 6.54 Å². The molecule has 0 radical (unpaired) electrons. The molecule has 0 unspecified atom stereocenters. The zero-order valence-electron chi connectivity index (χ0n) is 13.5. The van der Waals surface area contributed by atoms with Crippen LogP contribution in [0, 0.1) is 5.82 Å². The van der Waals surface area contributed by atoms with E-state index in [4.69, 9.17) is 23.2 Å². The number of carbonyl (C=O) groups excluding carboxylic acids is 1. The molecule has 0 aliphatic carbocycles. The summed E-state index contributed by atoms with van der Waals surface area (Å²) in [5.74, 6) is -0.662. The average Bonchev–Trinajstić information content (AvgIpc) is 2.64. The number of anilines is 2. The van der Waals surface area contributed by atoms with Crippen molar-refractivity contribution >= 4 is 40.5 Å². The van der Waals surface area contributed by atoms with E-state index < -0.39 is 0 Å². The number of pyridine rings is 1. The quantitative estimate of drug-likeness (QED) is 0.614. The lowest BCUT2D eigenvalue weighted by molar-refractivity contribution is 0.102. The minimum Gasteiger partial charge on any atom is -0.380 e. The lowest BCUT2D eigenvalue weighted by Gasteiger charge is -2.10. The van der Waals surface area contributed by atoms with Gasteiger partial charge < -0.3 is 10.6 Å². The molecule has 0 spiro atoms. The van der Waals surface area contributed by atoms with Gasteiger partial charge in [-0.05, 0) is 35.9 Å². The number of aromatic nitrogens is 1. The summed E-state index contributed by atoms with van der Waals surface area (Å²) in [6.07, 6.45) is 3.05. The highest BCUT2D eigenvalue weighted by Gasteiger charge is 2.12. The Morgan fingerprint density at radius 2 is 1.73 bits per heavy atom. The molecule has 1 amide bonds. The molecule has 0 aliphatic heterocycles. The Balaban J connectivity index is 1.70. The van der Waals surface area contributed by atoms with E-state index in [0.717, 1.165) is 5.56 Å². The van der Waals surface area contributed by atoms with Gasteiger partial charge in [0, 0.05) is 18.9 Å². The molecule has 3 rings (SSSR count). The van der Waals surface area contributed by atoms with Gasteiger partial charge in [-0.25, -0.2) is 4.39 Å². The number of nitrogens with one attached hydrogen (secondary N) is 2. The molecule has 0 fully saturated rings.